The largest absolute Gasteiger partial charge is 0.311 e. The summed E-state index contributed by atoms with van der Waals surface area (Å²) in [6, 6.07) is 148. The highest BCUT2D eigenvalue weighted by molar-refractivity contribution is 7.20. The van der Waals surface area contributed by atoms with Crippen molar-refractivity contribution in [1.82, 2.24) is 0 Å². The molecule has 0 bridgehead atoms. The van der Waals surface area contributed by atoms with Crippen molar-refractivity contribution in [1.29, 1.82) is 0 Å². The van der Waals surface area contributed by atoms with Crippen molar-refractivity contribution >= 4 is 132 Å². The molecule has 18 rings (SSSR count). The zero-order valence-corrected chi connectivity index (χ0v) is 57.4. The van der Waals surface area contributed by atoms with Crippen LogP contribution < -0.4 is 72.6 Å². The fraction of sp³-hybridized carbons (Fsp3) is 0.0323. The molecule has 6 heteroatoms. The van der Waals surface area contributed by atoms with E-state index in [1.807, 2.05) is 0 Å². The predicted octanol–water partition coefficient (Wildman–Crippen LogP) is 16.0. The van der Waals surface area contributed by atoms with Gasteiger partial charge in [0.15, 0.2) is 16.1 Å². The molecular weight excluding hydrogens is 1230 g/mol. The van der Waals surface area contributed by atoms with Gasteiger partial charge in [0.1, 0.15) is 0 Å². The van der Waals surface area contributed by atoms with Crippen molar-refractivity contribution in [2.75, 3.05) is 14.7 Å². The third-order valence-corrected chi connectivity index (χ3v) is 31.1. The molecule has 3 aliphatic rings. The quantitative estimate of drug-likeness (QED) is 0.0841. The van der Waals surface area contributed by atoms with Gasteiger partial charge in [-0.05, 0) is 152 Å². The minimum absolute atomic E-state index is 0.209. The molecule has 0 saturated heterocycles. The van der Waals surface area contributed by atoms with Crippen LogP contribution in [0.25, 0.3) is 22.3 Å². The van der Waals surface area contributed by atoms with E-state index in [1.54, 1.807) is 0 Å². The number of hydrogen-bond donors (Lipinski definition) is 0. The monoisotopic (exact) mass is 1300 g/mol. The number of hydrogen-bond acceptors (Lipinski definition) is 3. The third kappa shape index (κ3) is 9.61. The number of anilines is 9. The lowest BCUT2D eigenvalue weighted by Crippen LogP contribution is -2.75. The molecule has 15 aromatic carbocycles. The maximum absolute atomic E-state index is 3.11. The summed E-state index contributed by atoms with van der Waals surface area (Å²) in [7, 11) is -6.23. The van der Waals surface area contributed by atoms with Gasteiger partial charge in [-0.15, -0.1) is 0 Å². The number of para-hydroxylation sites is 2. The highest BCUT2D eigenvalue weighted by Gasteiger charge is 2.49. The molecule has 0 atom stereocenters. The van der Waals surface area contributed by atoms with E-state index in [4.69, 9.17) is 0 Å². The topological polar surface area (TPSA) is 9.72 Å². The molecule has 3 heterocycles. The molecule has 3 aliphatic heterocycles. The van der Waals surface area contributed by atoms with E-state index >= 15 is 0 Å². The molecular formula is C93H70BN3Si2. The van der Waals surface area contributed by atoms with Crippen LogP contribution in [0.15, 0.2) is 388 Å². The Balaban J connectivity index is 0.988. The second kappa shape index (κ2) is 24.4. The van der Waals surface area contributed by atoms with Gasteiger partial charge in [-0.2, -0.15) is 0 Å². The Morgan fingerprint density at radius 3 is 0.818 bits per heavy atom. The van der Waals surface area contributed by atoms with Gasteiger partial charge in [0.05, 0.1) is 17.1 Å². The SMILES string of the molecule is CC1(C)c2ccccc2N(c2cc3c4c(c2)N(c2ccc(-c5ccccc5)cc2)c2cc([Si](c5ccccc5)(c5ccccc5)c5ccccc5)ccc2B4c2ccc([Si](c4ccccc4)(c4ccccc4)c4ccccc4)cc2N3c2ccc(-c3ccccc3)cc2)c2ccccc21. The molecule has 0 aromatic heterocycles. The van der Waals surface area contributed by atoms with Gasteiger partial charge < -0.3 is 14.7 Å². The molecule has 15 aromatic rings. The maximum Gasteiger partial charge on any atom is 0.252 e. The van der Waals surface area contributed by atoms with Gasteiger partial charge >= 0.3 is 0 Å². The Kier molecular flexibility index (Phi) is 14.7. The van der Waals surface area contributed by atoms with Crippen LogP contribution in [-0.4, -0.2) is 22.9 Å². The number of rotatable bonds is 13. The van der Waals surface area contributed by atoms with E-state index in [0.717, 1.165) is 39.8 Å². The van der Waals surface area contributed by atoms with Crippen molar-refractivity contribution in [2.45, 2.75) is 19.3 Å². The Bertz CT molecular complexity index is 4920. The van der Waals surface area contributed by atoms with Crippen LogP contribution in [0.5, 0.6) is 0 Å². The number of nitrogens with zero attached hydrogens (tertiary/aromatic N) is 3. The fourth-order valence-electron chi connectivity index (χ4n) is 17.1. The standard InChI is InChI=1S/C93H70BN3Si2/c1-93(2)82-47-27-29-49-86(82)97(87-50-30-28-48-83(87)93)73-63-90-92-91(64-73)96(72-57-53-70(54-58-72)68-33-13-4-14-34-68)89-66-81(99(77-41-21-8-22-42-77,78-43-23-9-24-44-78)79-45-25-10-26-46-79)60-62-85(89)94(92)84-61-59-80(65-88(84)95(90)71-55-51-69(52-56-71)67-31-11-3-12-32-67)98(74-35-15-5-16-36-74,75-37-17-6-18-38-75)76-39-19-7-20-40-76/h3-66H,1-2H3. The van der Waals surface area contributed by atoms with Crippen molar-refractivity contribution in [3.8, 4) is 22.3 Å². The molecule has 0 amide bonds. The van der Waals surface area contributed by atoms with E-state index in [-0.39, 0.29) is 12.1 Å². The smallest absolute Gasteiger partial charge is 0.252 e. The molecule has 0 saturated carbocycles. The summed E-state index contributed by atoms with van der Waals surface area (Å²) in [4.78, 5) is 7.86. The van der Waals surface area contributed by atoms with E-state index in [2.05, 4.69) is 417 Å². The summed E-state index contributed by atoms with van der Waals surface area (Å²) in [6.45, 7) is 4.57. The van der Waals surface area contributed by atoms with Crippen molar-refractivity contribution in [2.24, 2.45) is 0 Å². The molecule has 0 fully saturated rings. The van der Waals surface area contributed by atoms with Gasteiger partial charge in [-0.1, -0.05) is 341 Å². The van der Waals surface area contributed by atoms with Crippen LogP contribution in [0.1, 0.15) is 25.0 Å². The van der Waals surface area contributed by atoms with Crippen molar-refractivity contribution in [3.05, 3.63) is 399 Å². The van der Waals surface area contributed by atoms with Crippen LogP contribution >= 0.6 is 0 Å². The van der Waals surface area contributed by atoms with Crippen LogP contribution in [0.3, 0.4) is 0 Å². The molecule has 0 unspecified atom stereocenters. The van der Waals surface area contributed by atoms with Gasteiger partial charge in [-0.25, -0.2) is 0 Å². The Morgan fingerprint density at radius 1 is 0.222 bits per heavy atom. The van der Waals surface area contributed by atoms with E-state index in [9.17, 15) is 0 Å². The average Bonchev–Trinajstić information content (AvgIpc) is 0.698. The molecule has 99 heavy (non-hydrogen) atoms. The van der Waals surface area contributed by atoms with Crippen LogP contribution in [0.4, 0.5) is 51.2 Å². The molecule has 0 N–H and O–H groups in total. The zero-order chi connectivity index (χ0) is 66.1. The maximum atomic E-state index is 2.65. The first-order chi connectivity index (χ1) is 48.9. The summed E-state index contributed by atoms with van der Waals surface area (Å²) in [5.41, 5.74) is 21.0. The van der Waals surface area contributed by atoms with Gasteiger partial charge in [-0.3, -0.25) is 0 Å². The summed E-state index contributed by atoms with van der Waals surface area (Å²) in [5, 5.41) is 10.6. The second-order valence-electron chi connectivity index (χ2n) is 27.1. The lowest BCUT2D eigenvalue weighted by molar-refractivity contribution is 0.632. The molecule has 3 nitrogen and oxygen atoms in total. The van der Waals surface area contributed by atoms with Crippen molar-refractivity contribution in [3.63, 3.8) is 0 Å². The zero-order valence-electron chi connectivity index (χ0n) is 55.4. The van der Waals surface area contributed by atoms with Gasteiger partial charge in [0, 0.05) is 39.5 Å². The summed E-state index contributed by atoms with van der Waals surface area (Å²) >= 11 is 0. The minimum Gasteiger partial charge on any atom is -0.311 e. The summed E-state index contributed by atoms with van der Waals surface area (Å²) < 4.78 is 0. The Morgan fingerprint density at radius 2 is 0.495 bits per heavy atom. The van der Waals surface area contributed by atoms with Crippen LogP contribution in [-0.2, 0) is 5.41 Å². The van der Waals surface area contributed by atoms with E-state index in [1.165, 1.54) is 103 Å². The predicted molar refractivity (Wildman–Crippen MR) is 425 cm³/mol. The average molecular weight is 1300 g/mol. The number of fused-ring (bicyclic) bond motifs is 6. The van der Waals surface area contributed by atoms with Gasteiger partial charge in [0.2, 0.25) is 0 Å². The third-order valence-electron chi connectivity index (χ3n) is 21.5. The van der Waals surface area contributed by atoms with Gasteiger partial charge in [0.25, 0.3) is 6.71 Å². The lowest BCUT2D eigenvalue weighted by atomic mass is 9.33. The molecule has 0 radical (unpaired) electrons. The summed E-state index contributed by atoms with van der Waals surface area (Å²) in [6.07, 6.45) is 0. The molecule has 0 spiro atoms. The lowest BCUT2D eigenvalue weighted by Gasteiger charge is -2.47. The Labute approximate surface area is 583 Å². The second-order valence-corrected chi connectivity index (χ2v) is 34.7. The first kappa shape index (κ1) is 59.7. The number of benzene rings is 15. The highest BCUT2D eigenvalue weighted by Crippen LogP contribution is 2.54. The Hall–Kier alpha value is -11.8. The molecule has 0 aliphatic carbocycles. The van der Waals surface area contributed by atoms with E-state index in [0.29, 0.717) is 0 Å². The summed E-state index contributed by atoms with van der Waals surface area (Å²) in [5.74, 6) is 0. The molecule has 468 valence electrons. The normalized spacial score (nSPS) is 13.4. The minimum atomic E-state index is -3.11. The van der Waals surface area contributed by atoms with Crippen LogP contribution in [0, 0.1) is 0 Å². The first-order valence-electron chi connectivity index (χ1n) is 34.6. The first-order valence-corrected chi connectivity index (χ1v) is 38.6. The highest BCUT2D eigenvalue weighted by atomic mass is 28.3. The van der Waals surface area contributed by atoms with Crippen molar-refractivity contribution < 1.29 is 0 Å². The van der Waals surface area contributed by atoms with E-state index < -0.39 is 16.1 Å². The van der Waals surface area contributed by atoms with Crippen LogP contribution in [0.2, 0.25) is 0 Å². The fourth-order valence-corrected chi connectivity index (χ4v) is 26.6.